The summed E-state index contributed by atoms with van der Waals surface area (Å²) in [7, 11) is 0. The first-order valence-electron chi connectivity index (χ1n) is 7.75. The van der Waals surface area contributed by atoms with Crippen molar-refractivity contribution >= 4 is 40.9 Å². The van der Waals surface area contributed by atoms with E-state index in [0.29, 0.717) is 15.8 Å². The average molecular weight is 382 g/mol. The van der Waals surface area contributed by atoms with Crippen LogP contribution in [0.25, 0.3) is 0 Å². The van der Waals surface area contributed by atoms with Crippen LogP contribution >= 0.6 is 35.0 Å². The zero-order valence-corrected chi connectivity index (χ0v) is 16.4. The molecule has 0 saturated heterocycles. The summed E-state index contributed by atoms with van der Waals surface area (Å²) >= 11 is 13.5. The summed E-state index contributed by atoms with van der Waals surface area (Å²) in [6.45, 7) is 6.17. The van der Waals surface area contributed by atoms with Gasteiger partial charge < -0.3 is 5.32 Å². The molecular weight excluding hydrogens is 361 g/mol. The number of aryl methyl sites for hydroxylation is 2. The average Bonchev–Trinajstić information content (AvgIpc) is 2.53. The third kappa shape index (κ3) is 5.44. The Labute approximate surface area is 157 Å². The highest BCUT2D eigenvalue weighted by Crippen LogP contribution is 2.24. The zero-order chi connectivity index (χ0) is 17.7. The summed E-state index contributed by atoms with van der Waals surface area (Å²) in [5, 5.41) is 4.13. The van der Waals surface area contributed by atoms with Crippen molar-refractivity contribution in [3.8, 4) is 0 Å². The molecule has 0 aromatic heterocycles. The Morgan fingerprint density at radius 1 is 1.08 bits per heavy atom. The van der Waals surface area contributed by atoms with Gasteiger partial charge in [-0.25, -0.2) is 0 Å². The van der Waals surface area contributed by atoms with Gasteiger partial charge in [0, 0.05) is 5.75 Å². The first kappa shape index (κ1) is 19.2. The molecule has 0 aliphatic heterocycles. The van der Waals surface area contributed by atoms with Gasteiger partial charge in [0.2, 0.25) is 5.91 Å². The molecule has 2 aromatic rings. The number of hydrogen-bond acceptors (Lipinski definition) is 2. The summed E-state index contributed by atoms with van der Waals surface area (Å²) < 4.78 is 0. The SMILES string of the molecule is Cc1ccc([C@@H](C)NC(=O)CSCc2ccc(Cl)c(Cl)c2)cc1C. The minimum absolute atomic E-state index is 0.00220. The number of amides is 1. The number of halogens is 2. The van der Waals surface area contributed by atoms with Crippen LogP contribution in [0.2, 0.25) is 10.0 Å². The molecule has 0 bridgehead atoms. The van der Waals surface area contributed by atoms with Gasteiger partial charge in [-0.05, 0) is 55.2 Å². The maximum Gasteiger partial charge on any atom is 0.230 e. The third-order valence-corrected chi connectivity index (χ3v) is 5.64. The molecule has 0 unspecified atom stereocenters. The fourth-order valence-electron chi connectivity index (χ4n) is 2.29. The van der Waals surface area contributed by atoms with Gasteiger partial charge in [-0.1, -0.05) is 47.5 Å². The van der Waals surface area contributed by atoms with E-state index in [9.17, 15) is 4.79 Å². The quantitative estimate of drug-likeness (QED) is 0.692. The van der Waals surface area contributed by atoms with Crippen LogP contribution in [-0.4, -0.2) is 11.7 Å². The minimum atomic E-state index is 0.00220. The van der Waals surface area contributed by atoms with E-state index in [1.807, 2.05) is 19.1 Å². The van der Waals surface area contributed by atoms with E-state index in [2.05, 4.69) is 37.4 Å². The second kappa shape index (κ2) is 8.80. The van der Waals surface area contributed by atoms with E-state index >= 15 is 0 Å². The second-order valence-corrected chi connectivity index (χ2v) is 7.67. The molecule has 5 heteroatoms. The van der Waals surface area contributed by atoms with Gasteiger partial charge in [0.05, 0.1) is 21.8 Å². The summed E-state index contributed by atoms with van der Waals surface area (Å²) in [6.07, 6.45) is 0. The van der Waals surface area contributed by atoms with Gasteiger partial charge in [-0.2, -0.15) is 0 Å². The molecule has 0 aliphatic rings. The lowest BCUT2D eigenvalue weighted by Gasteiger charge is -2.15. The molecular formula is C19H21Cl2NOS. The van der Waals surface area contributed by atoms with Crippen molar-refractivity contribution in [1.29, 1.82) is 0 Å². The number of benzene rings is 2. The van der Waals surface area contributed by atoms with Crippen molar-refractivity contribution in [1.82, 2.24) is 5.32 Å². The molecule has 24 heavy (non-hydrogen) atoms. The number of nitrogens with one attached hydrogen (secondary N) is 1. The molecule has 1 amide bonds. The first-order valence-corrected chi connectivity index (χ1v) is 9.66. The lowest BCUT2D eigenvalue weighted by molar-refractivity contribution is -0.119. The van der Waals surface area contributed by atoms with Crippen LogP contribution < -0.4 is 5.32 Å². The predicted octanol–water partition coefficient (Wildman–Crippen LogP) is 5.72. The third-order valence-electron chi connectivity index (χ3n) is 3.89. The molecule has 1 N–H and O–H groups in total. The number of rotatable bonds is 6. The summed E-state index contributed by atoms with van der Waals surface area (Å²) in [5.41, 5.74) is 4.68. The molecule has 2 nitrogen and oxygen atoms in total. The van der Waals surface area contributed by atoms with Crippen LogP contribution in [0.1, 0.15) is 35.2 Å². The molecule has 128 valence electrons. The van der Waals surface area contributed by atoms with Crippen LogP contribution in [0.4, 0.5) is 0 Å². The molecule has 2 aromatic carbocycles. The topological polar surface area (TPSA) is 29.1 Å². The van der Waals surface area contributed by atoms with E-state index in [1.54, 1.807) is 17.8 Å². The Hall–Kier alpha value is -1.16. The lowest BCUT2D eigenvalue weighted by Crippen LogP contribution is -2.28. The fraction of sp³-hybridized carbons (Fsp3) is 0.316. The van der Waals surface area contributed by atoms with Crippen LogP contribution in [0, 0.1) is 13.8 Å². The number of thioether (sulfide) groups is 1. The second-order valence-electron chi connectivity index (χ2n) is 5.87. The van der Waals surface area contributed by atoms with E-state index in [1.165, 1.54) is 11.1 Å². The highest BCUT2D eigenvalue weighted by Gasteiger charge is 2.10. The molecule has 0 saturated carbocycles. The Morgan fingerprint density at radius 2 is 1.83 bits per heavy atom. The molecule has 2 rings (SSSR count). The van der Waals surface area contributed by atoms with Gasteiger partial charge >= 0.3 is 0 Å². The summed E-state index contributed by atoms with van der Waals surface area (Å²) in [5.74, 6) is 1.17. The number of carbonyl (C=O) groups excluding carboxylic acids is 1. The molecule has 0 aliphatic carbocycles. The largest absolute Gasteiger partial charge is 0.349 e. The van der Waals surface area contributed by atoms with Crippen molar-refractivity contribution in [2.24, 2.45) is 0 Å². The van der Waals surface area contributed by atoms with Gasteiger partial charge in [-0.3, -0.25) is 4.79 Å². The molecule has 0 heterocycles. The van der Waals surface area contributed by atoms with E-state index in [-0.39, 0.29) is 11.9 Å². The summed E-state index contributed by atoms with van der Waals surface area (Å²) in [4.78, 5) is 12.1. The highest BCUT2D eigenvalue weighted by molar-refractivity contribution is 7.99. The maximum absolute atomic E-state index is 12.1. The number of hydrogen-bond donors (Lipinski definition) is 1. The Kier molecular flexibility index (Phi) is 7.02. The van der Waals surface area contributed by atoms with Crippen molar-refractivity contribution in [3.05, 3.63) is 68.7 Å². The van der Waals surface area contributed by atoms with E-state index in [0.717, 1.165) is 16.9 Å². The van der Waals surface area contributed by atoms with Gasteiger partial charge in [-0.15, -0.1) is 11.8 Å². The molecule has 0 radical (unpaired) electrons. The number of carbonyl (C=O) groups is 1. The van der Waals surface area contributed by atoms with E-state index < -0.39 is 0 Å². The van der Waals surface area contributed by atoms with Gasteiger partial charge in [0.15, 0.2) is 0 Å². The van der Waals surface area contributed by atoms with Crippen molar-refractivity contribution in [2.75, 3.05) is 5.75 Å². The Balaban J connectivity index is 1.82. The monoisotopic (exact) mass is 381 g/mol. The van der Waals surface area contributed by atoms with Crippen molar-refractivity contribution in [3.63, 3.8) is 0 Å². The minimum Gasteiger partial charge on any atom is -0.349 e. The Bertz CT molecular complexity index is 733. The molecule has 0 spiro atoms. The van der Waals surface area contributed by atoms with E-state index in [4.69, 9.17) is 23.2 Å². The van der Waals surface area contributed by atoms with Crippen molar-refractivity contribution < 1.29 is 4.79 Å². The van der Waals surface area contributed by atoms with Gasteiger partial charge in [0.1, 0.15) is 0 Å². The van der Waals surface area contributed by atoms with Crippen LogP contribution in [-0.2, 0) is 10.5 Å². The zero-order valence-electron chi connectivity index (χ0n) is 14.0. The smallest absolute Gasteiger partial charge is 0.230 e. The van der Waals surface area contributed by atoms with Crippen LogP contribution in [0.5, 0.6) is 0 Å². The summed E-state index contributed by atoms with van der Waals surface area (Å²) in [6, 6.07) is 11.8. The van der Waals surface area contributed by atoms with Crippen LogP contribution in [0.15, 0.2) is 36.4 Å². The fourth-order valence-corrected chi connectivity index (χ4v) is 3.40. The van der Waals surface area contributed by atoms with Crippen molar-refractivity contribution in [2.45, 2.75) is 32.6 Å². The normalized spacial score (nSPS) is 12.0. The highest BCUT2D eigenvalue weighted by atomic mass is 35.5. The first-order chi connectivity index (χ1) is 11.4. The predicted molar refractivity (Wildman–Crippen MR) is 105 cm³/mol. The Morgan fingerprint density at radius 3 is 2.50 bits per heavy atom. The molecule has 1 atom stereocenters. The molecule has 0 fully saturated rings. The lowest BCUT2D eigenvalue weighted by atomic mass is 10.0. The van der Waals surface area contributed by atoms with Gasteiger partial charge in [0.25, 0.3) is 0 Å². The standard InChI is InChI=1S/C19H21Cl2NOS/c1-12-4-6-16(8-13(12)2)14(3)22-19(23)11-24-10-15-5-7-17(20)18(21)9-15/h4-9,14H,10-11H2,1-3H3,(H,22,23)/t14-/m1/s1. The maximum atomic E-state index is 12.1. The van der Waals surface area contributed by atoms with Crippen LogP contribution in [0.3, 0.4) is 0 Å².